The molecule has 6 heteroatoms. The standard InChI is InChI=1S/C27H44N2O4/c1-20-13-21(2)15-24(14-20)33-19-27(32)17-28(11-12-29(18-27)22(3)30)16-26(31)9-7-23(8-10-26)25(4,5)6/h13-15,23,31-32H,7-12,16-19H2,1-6H3/t23?,26?,27-/m0/s1. The average molecular weight is 461 g/mol. The summed E-state index contributed by atoms with van der Waals surface area (Å²) in [6.45, 7) is 14.8. The highest BCUT2D eigenvalue weighted by Crippen LogP contribution is 2.41. The first-order chi connectivity index (χ1) is 15.3. The van der Waals surface area contributed by atoms with E-state index >= 15 is 0 Å². The Hall–Kier alpha value is -1.63. The molecule has 6 nitrogen and oxygen atoms in total. The smallest absolute Gasteiger partial charge is 0.219 e. The number of aryl methyl sites for hydroxylation is 2. The van der Waals surface area contributed by atoms with E-state index in [2.05, 4.69) is 31.7 Å². The van der Waals surface area contributed by atoms with Gasteiger partial charge in [-0.25, -0.2) is 0 Å². The van der Waals surface area contributed by atoms with E-state index in [4.69, 9.17) is 4.74 Å². The number of carbonyl (C=O) groups is 1. The molecule has 3 rings (SSSR count). The summed E-state index contributed by atoms with van der Waals surface area (Å²) in [5.41, 5.74) is 0.523. The first kappa shape index (κ1) is 26.0. The van der Waals surface area contributed by atoms with Crippen LogP contribution < -0.4 is 4.74 Å². The molecule has 186 valence electrons. The van der Waals surface area contributed by atoms with Gasteiger partial charge in [0.25, 0.3) is 0 Å². The van der Waals surface area contributed by atoms with Crippen molar-refractivity contribution in [2.75, 3.05) is 39.3 Å². The largest absolute Gasteiger partial charge is 0.490 e. The number of β-amino-alcohol motifs (C(OH)–C–C–N with tert-alkyl or cyclic N) is 2. The van der Waals surface area contributed by atoms with Crippen LogP contribution in [-0.4, -0.2) is 76.5 Å². The summed E-state index contributed by atoms with van der Waals surface area (Å²) in [7, 11) is 0. The third kappa shape index (κ3) is 7.17. The summed E-state index contributed by atoms with van der Waals surface area (Å²) in [6.07, 6.45) is 3.60. The molecule has 1 aliphatic carbocycles. The highest BCUT2D eigenvalue weighted by molar-refractivity contribution is 5.73. The van der Waals surface area contributed by atoms with Gasteiger partial charge in [0.15, 0.2) is 0 Å². The lowest BCUT2D eigenvalue weighted by Crippen LogP contribution is -2.54. The molecule has 0 aromatic heterocycles. The fraction of sp³-hybridized carbons (Fsp3) is 0.741. The van der Waals surface area contributed by atoms with Gasteiger partial charge >= 0.3 is 0 Å². The zero-order chi connectivity index (χ0) is 24.4. The molecule has 1 saturated heterocycles. The molecule has 1 saturated carbocycles. The van der Waals surface area contributed by atoms with Crippen LogP contribution in [0.4, 0.5) is 0 Å². The molecule has 0 spiro atoms. The minimum atomic E-state index is -1.21. The molecule has 2 fully saturated rings. The third-order valence-electron chi connectivity index (χ3n) is 7.50. The summed E-state index contributed by atoms with van der Waals surface area (Å²) in [6, 6.07) is 6.01. The van der Waals surface area contributed by atoms with Crippen molar-refractivity contribution in [2.24, 2.45) is 11.3 Å². The molecule has 1 atom stereocenters. The number of nitrogens with zero attached hydrogens (tertiary/aromatic N) is 2. The van der Waals surface area contributed by atoms with Crippen LogP contribution in [0.3, 0.4) is 0 Å². The lowest BCUT2D eigenvalue weighted by molar-refractivity contribution is -0.132. The van der Waals surface area contributed by atoms with Crippen molar-refractivity contribution in [3.8, 4) is 5.75 Å². The molecule has 1 aromatic carbocycles. The summed E-state index contributed by atoms with van der Waals surface area (Å²) in [5, 5.41) is 22.9. The summed E-state index contributed by atoms with van der Waals surface area (Å²) >= 11 is 0. The molecule has 2 aliphatic rings. The second kappa shape index (κ2) is 9.93. The average Bonchev–Trinajstić information content (AvgIpc) is 2.84. The van der Waals surface area contributed by atoms with Gasteiger partial charge in [0, 0.05) is 33.1 Å². The first-order valence-electron chi connectivity index (χ1n) is 12.4. The van der Waals surface area contributed by atoms with Crippen molar-refractivity contribution < 1.29 is 19.7 Å². The van der Waals surface area contributed by atoms with Gasteiger partial charge < -0.3 is 19.8 Å². The van der Waals surface area contributed by atoms with Crippen molar-refractivity contribution in [1.29, 1.82) is 0 Å². The summed E-state index contributed by atoms with van der Waals surface area (Å²) in [5.74, 6) is 1.30. The molecular formula is C27H44N2O4. The maximum Gasteiger partial charge on any atom is 0.219 e. The summed E-state index contributed by atoms with van der Waals surface area (Å²) in [4.78, 5) is 16.0. The van der Waals surface area contributed by atoms with Crippen LogP contribution in [0.5, 0.6) is 5.75 Å². The Morgan fingerprint density at radius 2 is 1.64 bits per heavy atom. The first-order valence-corrected chi connectivity index (χ1v) is 12.4. The monoisotopic (exact) mass is 460 g/mol. The van der Waals surface area contributed by atoms with Gasteiger partial charge in [-0.2, -0.15) is 0 Å². The molecular weight excluding hydrogens is 416 g/mol. The summed E-state index contributed by atoms with van der Waals surface area (Å²) < 4.78 is 6.03. The van der Waals surface area contributed by atoms with E-state index in [1.165, 1.54) is 0 Å². The van der Waals surface area contributed by atoms with Crippen LogP contribution in [0, 0.1) is 25.2 Å². The van der Waals surface area contributed by atoms with Crippen molar-refractivity contribution >= 4 is 5.91 Å². The molecule has 0 bridgehead atoms. The number of hydrogen-bond donors (Lipinski definition) is 2. The fourth-order valence-electron chi connectivity index (χ4n) is 5.57. The number of aliphatic hydroxyl groups is 2. The molecule has 33 heavy (non-hydrogen) atoms. The number of rotatable bonds is 5. The minimum Gasteiger partial charge on any atom is -0.490 e. The van der Waals surface area contributed by atoms with Crippen LogP contribution in [0.1, 0.15) is 64.5 Å². The predicted octanol–water partition coefficient (Wildman–Crippen LogP) is 3.54. The predicted molar refractivity (Wildman–Crippen MR) is 131 cm³/mol. The maximum atomic E-state index is 12.2. The van der Waals surface area contributed by atoms with Crippen LogP contribution in [-0.2, 0) is 4.79 Å². The van der Waals surface area contributed by atoms with Gasteiger partial charge in [0.2, 0.25) is 5.91 Å². The normalized spacial score (nSPS) is 29.6. The number of amides is 1. The van der Waals surface area contributed by atoms with Gasteiger partial charge in [0.05, 0.1) is 12.1 Å². The van der Waals surface area contributed by atoms with E-state index < -0.39 is 11.2 Å². The highest BCUT2D eigenvalue weighted by Gasteiger charge is 2.42. The Bertz CT molecular complexity index is 806. The van der Waals surface area contributed by atoms with Crippen molar-refractivity contribution in [1.82, 2.24) is 9.80 Å². The molecule has 1 heterocycles. The number of ether oxygens (including phenoxy) is 1. The Kier molecular flexibility index (Phi) is 7.82. The van der Waals surface area contributed by atoms with E-state index in [1.807, 2.05) is 26.0 Å². The molecule has 1 aromatic rings. The lowest BCUT2D eigenvalue weighted by atomic mass is 9.68. The minimum absolute atomic E-state index is 0.0499. The number of hydrogen-bond acceptors (Lipinski definition) is 5. The zero-order valence-electron chi connectivity index (χ0n) is 21.5. The number of benzene rings is 1. The van der Waals surface area contributed by atoms with Crippen LogP contribution in [0.25, 0.3) is 0 Å². The quantitative estimate of drug-likeness (QED) is 0.703. The molecule has 1 aliphatic heterocycles. The van der Waals surface area contributed by atoms with Crippen LogP contribution >= 0.6 is 0 Å². The van der Waals surface area contributed by atoms with E-state index in [0.717, 1.165) is 42.6 Å². The second-order valence-corrected chi connectivity index (χ2v) is 11.9. The molecule has 2 N–H and O–H groups in total. The molecule has 1 amide bonds. The van der Waals surface area contributed by atoms with Gasteiger partial charge in [-0.15, -0.1) is 0 Å². The van der Waals surface area contributed by atoms with Gasteiger partial charge in [-0.3, -0.25) is 9.69 Å². The van der Waals surface area contributed by atoms with Gasteiger partial charge in [0.1, 0.15) is 18.0 Å². The van der Waals surface area contributed by atoms with Crippen LogP contribution in [0.2, 0.25) is 0 Å². The topological polar surface area (TPSA) is 73.2 Å². The maximum absolute atomic E-state index is 12.2. The van der Waals surface area contributed by atoms with Crippen molar-refractivity contribution in [3.63, 3.8) is 0 Å². The van der Waals surface area contributed by atoms with E-state index in [9.17, 15) is 15.0 Å². The Balaban J connectivity index is 1.69. The zero-order valence-corrected chi connectivity index (χ0v) is 21.5. The van der Waals surface area contributed by atoms with Crippen LogP contribution in [0.15, 0.2) is 18.2 Å². The fourth-order valence-corrected chi connectivity index (χ4v) is 5.57. The SMILES string of the molecule is CC(=O)N1CCN(CC2(O)CCC(C(C)(C)C)CC2)C[C@@](O)(COc2cc(C)cc(C)c2)C1. The van der Waals surface area contributed by atoms with Crippen molar-refractivity contribution in [3.05, 3.63) is 29.3 Å². The second-order valence-electron chi connectivity index (χ2n) is 11.9. The highest BCUT2D eigenvalue weighted by atomic mass is 16.5. The van der Waals surface area contributed by atoms with E-state index in [-0.39, 0.29) is 24.5 Å². The molecule has 0 radical (unpaired) electrons. The number of carbonyl (C=O) groups excluding carboxylic acids is 1. The lowest BCUT2D eigenvalue weighted by Gasteiger charge is -2.43. The van der Waals surface area contributed by atoms with Crippen molar-refractivity contribution in [2.45, 2.75) is 78.4 Å². The van der Waals surface area contributed by atoms with E-state index in [0.29, 0.717) is 32.1 Å². The third-order valence-corrected chi connectivity index (χ3v) is 7.50. The molecule has 0 unspecified atom stereocenters. The van der Waals surface area contributed by atoms with Gasteiger partial charge in [-0.1, -0.05) is 26.8 Å². The Labute approximate surface area is 199 Å². The van der Waals surface area contributed by atoms with E-state index in [1.54, 1.807) is 11.8 Å². The Morgan fingerprint density at radius 3 is 2.18 bits per heavy atom. The van der Waals surface area contributed by atoms with Gasteiger partial charge in [-0.05, 0) is 74.1 Å². The Morgan fingerprint density at radius 1 is 1.03 bits per heavy atom.